The molecule has 0 atom stereocenters. The van der Waals surface area contributed by atoms with E-state index in [1.54, 1.807) is 49.8 Å². The van der Waals surface area contributed by atoms with Gasteiger partial charge in [0, 0.05) is 11.6 Å². The van der Waals surface area contributed by atoms with E-state index in [0.717, 1.165) is 0 Å². The Morgan fingerprint density at radius 1 is 1.25 bits per heavy atom. The van der Waals surface area contributed by atoms with Gasteiger partial charge in [0.2, 0.25) is 0 Å². The molecular weight excluding hydrogens is 304 g/mol. The number of rotatable bonds is 4. The van der Waals surface area contributed by atoms with Gasteiger partial charge in [-0.15, -0.1) is 0 Å². The highest BCUT2D eigenvalue weighted by Crippen LogP contribution is 2.09. The van der Waals surface area contributed by atoms with E-state index in [0.29, 0.717) is 10.6 Å². The normalized spacial score (nSPS) is 12.0. The standard InChI is InChI=1S/C12H17ClN2O4S/c1-12(2,3)19-11(16)15-20(17,18)14-8-9-4-6-10(13)7-5-9/h4-7,14H,8H2,1-3H3,(H,15,16). The van der Waals surface area contributed by atoms with E-state index in [1.165, 1.54) is 0 Å². The van der Waals surface area contributed by atoms with Crippen molar-refractivity contribution in [3.8, 4) is 0 Å². The quantitative estimate of drug-likeness (QED) is 0.890. The number of hydrogen-bond acceptors (Lipinski definition) is 4. The summed E-state index contributed by atoms with van der Waals surface area (Å²) < 4.78 is 32.1. The van der Waals surface area contributed by atoms with Crippen molar-refractivity contribution in [2.45, 2.75) is 32.9 Å². The Balaban J connectivity index is 2.53. The van der Waals surface area contributed by atoms with E-state index in [4.69, 9.17) is 16.3 Å². The summed E-state index contributed by atoms with van der Waals surface area (Å²) in [4.78, 5) is 11.4. The minimum Gasteiger partial charge on any atom is -0.443 e. The number of nitrogens with one attached hydrogen (secondary N) is 2. The van der Waals surface area contributed by atoms with Gasteiger partial charge in [-0.2, -0.15) is 13.1 Å². The van der Waals surface area contributed by atoms with Crippen LogP contribution in [0.1, 0.15) is 26.3 Å². The molecule has 8 heteroatoms. The Kier molecular flexibility index (Phi) is 5.38. The first-order valence-corrected chi connectivity index (χ1v) is 7.68. The molecule has 1 aromatic carbocycles. The molecule has 6 nitrogen and oxygen atoms in total. The van der Waals surface area contributed by atoms with Gasteiger partial charge in [0.05, 0.1) is 0 Å². The summed E-state index contributed by atoms with van der Waals surface area (Å²) in [6.07, 6.45) is -1.03. The fourth-order valence-corrected chi connectivity index (χ4v) is 2.04. The zero-order valence-electron chi connectivity index (χ0n) is 11.4. The van der Waals surface area contributed by atoms with Crippen LogP contribution in [0.2, 0.25) is 5.02 Å². The van der Waals surface area contributed by atoms with Crippen molar-refractivity contribution in [2.75, 3.05) is 0 Å². The molecule has 0 saturated carbocycles. The largest absolute Gasteiger partial charge is 0.443 e. The second-order valence-corrected chi connectivity index (χ2v) is 6.99. The number of ether oxygens (including phenoxy) is 1. The third-order valence-corrected chi connectivity index (χ3v) is 3.21. The Morgan fingerprint density at radius 2 is 1.80 bits per heavy atom. The van der Waals surface area contributed by atoms with Gasteiger partial charge in [0.25, 0.3) is 0 Å². The van der Waals surface area contributed by atoms with Gasteiger partial charge in [-0.3, -0.25) is 0 Å². The molecule has 0 spiro atoms. The molecule has 20 heavy (non-hydrogen) atoms. The molecule has 1 amide bonds. The van der Waals surface area contributed by atoms with Crippen LogP contribution < -0.4 is 9.44 Å². The second kappa shape index (κ2) is 6.43. The average molecular weight is 321 g/mol. The van der Waals surface area contributed by atoms with Crippen LogP contribution in [-0.4, -0.2) is 20.1 Å². The molecule has 0 aliphatic heterocycles. The van der Waals surface area contributed by atoms with Crippen molar-refractivity contribution in [1.82, 2.24) is 9.44 Å². The summed E-state index contributed by atoms with van der Waals surface area (Å²) in [5, 5.41) is 0.559. The Hall–Kier alpha value is -1.31. The van der Waals surface area contributed by atoms with Gasteiger partial charge in [-0.25, -0.2) is 9.52 Å². The van der Waals surface area contributed by atoms with Gasteiger partial charge in [0.1, 0.15) is 5.60 Å². The van der Waals surface area contributed by atoms with Crippen molar-refractivity contribution < 1.29 is 17.9 Å². The molecule has 0 aromatic heterocycles. The lowest BCUT2D eigenvalue weighted by atomic mass is 10.2. The van der Waals surface area contributed by atoms with Crippen molar-refractivity contribution >= 4 is 27.9 Å². The molecule has 0 radical (unpaired) electrons. The highest BCUT2D eigenvalue weighted by Gasteiger charge is 2.20. The van der Waals surface area contributed by atoms with E-state index < -0.39 is 21.9 Å². The molecule has 0 bridgehead atoms. The van der Waals surface area contributed by atoms with Crippen LogP contribution in [0, 0.1) is 0 Å². The van der Waals surface area contributed by atoms with Crippen LogP contribution in [0.15, 0.2) is 24.3 Å². The number of hydrogen-bond donors (Lipinski definition) is 2. The van der Waals surface area contributed by atoms with Crippen molar-refractivity contribution in [1.29, 1.82) is 0 Å². The lowest BCUT2D eigenvalue weighted by Gasteiger charge is -2.19. The second-order valence-electron chi connectivity index (χ2n) is 5.05. The van der Waals surface area contributed by atoms with E-state index in [-0.39, 0.29) is 6.54 Å². The monoisotopic (exact) mass is 320 g/mol. The minimum absolute atomic E-state index is 0.0370. The van der Waals surface area contributed by atoms with Crippen molar-refractivity contribution in [3.63, 3.8) is 0 Å². The molecule has 112 valence electrons. The molecule has 1 rings (SSSR count). The predicted molar refractivity (Wildman–Crippen MR) is 76.6 cm³/mol. The van der Waals surface area contributed by atoms with Crippen LogP contribution in [-0.2, 0) is 21.5 Å². The zero-order chi connectivity index (χ0) is 15.4. The van der Waals surface area contributed by atoms with E-state index in [1.807, 2.05) is 0 Å². The number of benzene rings is 1. The third kappa shape index (κ3) is 6.74. The number of carbonyl (C=O) groups is 1. The van der Waals surface area contributed by atoms with Crippen LogP contribution >= 0.6 is 11.6 Å². The van der Waals surface area contributed by atoms with E-state index >= 15 is 0 Å². The minimum atomic E-state index is -3.97. The molecule has 0 aliphatic rings. The number of amides is 1. The first-order valence-electron chi connectivity index (χ1n) is 5.82. The molecule has 2 N–H and O–H groups in total. The number of halogens is 1. The van der Waals surface area contributed by atoms with Crippen LogP contribution in [0.5, 0.6) is 0 Å². The summed E-state index contributed by atoms with van der Waals surface area (Å²) in [7, 11) is -3.97. The topological polar surface area (TPSA) is 84.5 Å². The number of carbonyl (C=O) groups excluding carboxylic acids is 1. The molecule has 0 heterocycles. The lowest BCUT2D eigenvalue weighted by Crippen LogP contribution is -2.42. The summed E-state index contributed by atoms with van der Waals surface area (Å²) >= 11 is 5.72. The summed E-state index contributed by atoms with van der Waals surface area (Å²) in [6.45, 7) is 4.95. The molecule has 0 saturated heterocycles. The Bertz CT molecular complexity index is 564. The highest BCUT2D eigenvalue weighted by atomic mass is 35.5. The van der Waals surface area contributed by atoms with Crippen LogP contribution in [0.4, 0.5) is 4.79 Å². The molecule has 0 aliphatic carbocycles. The first kappa shape index (κ1) is 16.7. The van der Waals surface area contributed by atoms with Crippen molar-refractivity contribution in [2.24, 2.45) is 0 Å². The Labute approximate surface area is 123 Å². The maximum absolute atomic E-state index is 11.6. The van der Waals surface area contributed by atoms with E-state index in [9.17, 15) is 13.2 Å². The molecule has 0 unspecified atom stereocenters. The van der Waals surface area contributed by atoms with Crippen LogP contribution in [0.25, 0.3) is 0 Å². The highest BCUT2D eigenvalue weighted by molar-refractivity contribution is 7.88. The third-order valence-electron chi connectivity index (χ3n) is 2.00. The van der Waals surface area contributed by atoms with Gasteiger partial charge < -0.3 is 4.74 Å². The molecule has 1 aromatic rings. The SMILES string of the molecule is CC(C)(C)OC(=O)NS(=O)(=O)NCc1ccc(Cl)cc1. The lowest BCUT2D eigenvalue weighted by molar-refractivity contribution is 0.0569. The summed E-state index contributed by atoms with van der Waals surface area (Å²) in [5.41, 5.74) is -0.0561. The van der Waals surface area contributed by atoms with Gasteiger partial charge >= 0.3 is 16.3 Å². The van der Waals surface area contributed by atoms with Gasteiger partial charge in [0.15, 0.2) is 0 Å². The van der Waals surface area contributed by atoms with Crippen LogP contribution in [0.3, 0.4) is 0 Å². The van der Waals surface area contributed by atoms with Gasteiger partial charge in [-0.05, 0) is 38.5 Å². The maximum atomic E-state index is 11.6. The summed E-state index contributed by atoms with van der Waals surface area (Å²) in [6, 6.07) is 6.65. The average Bonchev–Trinajstić information content (AvgIpc) is 2.24. The smallest absolute Gasteiger partial charge is 0.422 e. The zero-order valence-corrected chi connectivity index (χ0v) is 13.0. The van der Waals surface area contributed by atoms with Gasteiger partial charge in [-0.1, -0.05) is 23.7 Å². The first-order chi connectivity index (χ1) is 9.07. The summed E-state index contributed by atoms with van der Waals surface area (Å²) in [5.74, 6) is 0. The fourth-order valence-electron chi connectivity index (χ4n) is 1.23. The Morgan fingerprint density at radius 3 is 2.30 bits per heavy atom. The maximum Gasteiger partial charge on any atom is 0.422 e. The van der Waals surface area contributed by atoms with Crippen molar-refractivity contribution in [3.05, 3.63) is 34.9 Å². The van der Waals surface area contributed by atoms with E-state index in [2.05, 4.69) is 4.72 Å². The predicted octanol–water partition coefficient (Wildman–Crippen LogP) is 2.20. The molecule has 0 fully saturated rings. The fraction of sp³-hybridized carbons (Fsp3) is 0.417. The molecular formula is C12H17ClN2O4S.